The fraction of sp³-hybridized carbons (Fsp3) is 0.176. The topological polar surface area (TPSA) is 62.0 Å². The number of para-hydroxylation sites is 1. The normalized spacial score (nSPS) is 13.3. The minimum atomic E-state index is -4.29. The fourth-order valence-electron chi connectivity index (χ4n) is 2.74. The highest BCUT2D eigenvalue weighted by Crippen LogP contribution is 2.21. The van der Waals surface area contributed by atoms with Crippen molar-refractivity contribution in [3.63, 3.8) is 0 Å². The number of hydrogen-bond donors (Lipinski definition) is 2. The summed E-state index contributed by atoms with van der Waals surface area (Å²) in [7, 11) is -4.29. The quantitative estimate of drug-likeness (QED) is 0.741. The lowest BCUT2D eigenvalue weighted by molar-refractivity contribution is 0.507. The van der Waals surface area contributed by atoms with Gasteiger partial charge in [-0.1, -0.05) is 24.3 Å². The first-order valence-electron chi connectivity index (χ1n) is 7.40. The van der Waals surface area contributed by atoms with Crippen LogP contribution in [0, 0.1) is 11.6 Å². The van der Waals surface area contributed by atoms with Crippen LogP contribution in [0.25, 0.3) is 10.9 Å². The Morgan fingerprint density at radius 1 is 1.08 bits per heavy atom. The first kappa shape index (κ1) is 16.6. The van der Waals surface area contributed by atoms with E-state index in [0.29, 0.717) is 6.42 Å². The van der Waals surface area contributed by atoms with Crippen molar-refractivity contribution in [1.29, 1.82) is 0 Å². The molecule has 2 aromatic carbocycles. The average molecular weight is 350 g/mol. The van der Waals surface area contributed by atoms with Gasteiger partial charge in [0, 0.05) is 23.1 Å². The average Bonchev–Trinajstić information content (AvgIpc) is 2.89. The molecule has 0 amide bonds. The third-order valence-corrected chi connectivity index (χ3v) is 5.39. The number of benzene rings is 2. The fourth-order valence-corrected chi connectivity index (χ4v) is 4.12. The van der Waals surface area contributed by atoms with E-state index in [4.69, 9.17) is 0 Å². The summed E-state index contributed by atoms with van der Waals surface area (Å²) in [5.41, 5.74) is 1.87. The Morgan fingerprint density at radius 3 is 2.46 bits per heavy atom. The van der Waals surface area contributed by atoms with Crippen LogP contribution in [0.15, 0.2) is 53.6 Å². The second kappa shape index (κ2) is 6.33. The highest BCUT2D eigenvalue weighted by Gasteiger charge is 2.25. The van der Waals surface area contributed by atoms with E-state index in [1.807, 2.05) is 24.3 Å². The van der Waals surface area contributed by atoms with E-state index < -0.39 is 32.6 Å². The first-order valence-corrected chi connectivity index (χ1v) is 8.88. The van der Waals surface area contributed by atoms with Gasteiger partial charge in [-0.15, -0.1) is 0 Å². The van der Waals surface area contributed by atoms with E-state index in [-0.39, 0.29) is 0 Å². The molecule has 0 saturated heterocycles. The van der Waals surface area contributed by atoms with Crippen LogP contribution in [0.5, 0.6) is 0 Å². The van der Waals surface area contributed by atoms with Crippen LogP contribution in [0.1, 0.15) is 12.5 Å². The molecule has 0 spiro atoms. The Morgan fingerprint density at radius 2 is 1.75 bits per heavy atom. The van der Waals surface area contributed by atoms with Gasteiger partial charge in [-0.3, -0.25) is 0 Å². The summed E-state index contributed by atoms with van der Waals surface area (Å²) in [6, 6.07) is 10.1. The second-order valence-corrected chi connectivity index (χ2v) is 7.29. The number of aromatic nitrogens is 1. The summed E-state index contributed by atoms with van der Waals surface area (Å²) in [6.45, 7) is 1.65. The molecule has 0 radical (unpaired) electrons. The maximum absolute atomic E-state index is 13.7. The lowest BCUT2D eigenvalue weighted by Crippen LogP contribution is -2.35. The van der Waals surface area contributed by atoms with Crippen molar-refractivity contribution < 1.29 is 17.2 Å². The number of fused-ring (bicyclic) bond motifs is 1. The molecule has 3 rings (SSSR count). The predicted molar refractivity (Wildman–Crippen MR) is 88.1 cm³/mol. The minimum absolute atomic E-state index is 0.388. The van der Waals surface area contributed by atoms with Crippen LogP contribution in [-0.2, 0) is 16.4 Å². The Labute approximate surface area is 138 Å². The summed E-state index contributed by atoms with van der Waals surface area (Å²) >= 11 is 0. The highest BCUT2D eigenvalue weighted by atomic mass is 32.2. The Bertz CT molecular complexity index is 963. The molecule has 0 fully saturated rings. The Balaban J connectivity index is 1.83. The number of aromatic amines is 1. The van der Waals surface area contributed by atoms with Gasteiger partial charge in [-0.05, 0) is 37.1 Å². The van der Waals surface area contributed by atoms with Crippen LogP contribution in [0.3, 0.4) is 0 Å². The molecule has 24 heavy (non-hydrogen) atoms. The van der Waals surface area contributed by atoms with E-state index in [9.17, 15) is 17.2 Å². The second-order valence-electron chi connectivity index (χ2n) is 5.64. The zero-order valence-corrected chi connectivity index (χ0v) is 13.7. The van der Waals surface area contributed by atoms with Crippen LogP contribution >= 0.6 is 0 Å². The van der Waals surface area contributed by atoms with Gasteiger partial charge >= 0.3 is 0 Å². The molecule has 1 aromatic heterocycles. The molecular formula is C17H16F2N2O2S. The molecular weight excluding hydrogens is 334 g/mol. The molecule has 4 nitrogen and oxygen atoms in total. The van der Waals surface area contributed by atoms with Gasteiger partial charge in [0.15, 0.2) is 4.90 Å². The van der Waals surface area contributed by atoms with Crippen molar-refractivity contribution >= 4 is 20.9 Å². The third kappa shape index (κ3) is 3.18. The zero-order valence-electron chi connectivity index (χ0n) is 12.9. The number of H-pyrrole nitrogens is 1. The zero-order chi connectivity index (χ0) is 17.3. The largest absolute Gasteiger partial charge is 0.361 e. The highest BCUT2D eigenvalue weighted by molar-refractivity contribution is 7.89. The lowest BCUT2D eigenvalue weighted by atomic mass is 10.1. The summed E-state index contributed by atoms with van der Waals surface area (Å²) in [5.74, 6) is -2.22. The molecule has 0 aliphatic carbocycles. The van der Waals surface area contributed by atoms with E-state index in [1.54, 1.807) is 13.1 Å². The molecule has 1 atom stereocenters. The molecule has 1 unspecified atom stereocenters. The minimum Gasteiger partial charge on any atom is -0.361 e. The standard InChI is InChI=1S/C17H16F2N2O2S/c1-11(9-12-10-20-16-8-3-2-5-13(12)16)21-24(22,23)17-14(18)6-4-7-15(17)19/h2-8,10-11,20-21H,9H2,1H3. The number of halogens is 2. The smallest absolute Gasteiger partial charge is 0.246 e. The summed E-state index contributed by atoms with van der Waals surface area (Å²) in [5, 5.41) is 0.987. The van der Waals surface area contributed by atoms with Crippen molar-refractivity contribution in [2.45, 2.75) is 24.3 Å². The van der Waals surface area contributed by atoms with Crippen molar-refractivity contribution in [3.8, 4) is 0 Å². The number of rotatable bonds is 5. The van der Waals surface area contributed by atoms with Crippen molar-refractivity contribution in [3.05, 3.63) is 65.9 Å². The predicted octanol–water partition coefficient (Wildman–Crippen LogP) is 3.36. The molecule has 0 aliphatic heterocycles. The third-order valence-electron chi connectivity index (χ3n) is 3.75. The Kier molecular flexibility index (Phi) is 4.38. The van der Waals surface area contributed by atoms with Gasteiger partial charge in [0.25, 0.3) is 0 Å². The first-order chi connectivity index (χ1) is 11.4. The number of sulfonamides is 1. The molecule has 0 bridgehead atoms. The molecule has 1 heterocycles. The summed E-state index contributed by atoms with van der Waals surface area (Å²) in [4.78, 5) is 2.16. The molecule has 0 saturated carbocycles. The maximum atomic E-state index is 13.7. The molecule has 3 aromatic rings. The van der Waals surface area contributed by atoms with Crippen molar-refractivity contribution in [1.82, 2.24) is 9.71 Å². The van der Waals surface area contributed by atoms with Crippen molar-refractivity contribution in [2.75, 3.05) is 0 Å². The van der Waals surface area contributed by atoms with Crippen LogP contribution in [0.2, 0.25) is 0 Å². The van der Waals surface area contributed by atoms with Crippen LogP contribution in [0.4, 0.5) is 8.78 Å². The number of hydrogen-bond acceptors (Lipinski definition) is 2. The van der Waals surface area contributed by atoms with Crippen molar-refractivity contribution in [2.24, 2.45) is 0 Å². The van der Waals surface area contributed by atoms with E-state index in [1.165, 1.54) is 0 Å². The number of nitrogens with one attached hydrogen (secondary N) is 2. The van der Waals surface area contributed by atoms with Crippen LogP contribution < -0.4 is 4.72 Å². The van der Waals surface area contributed by atoms with E-state index in [0.717, 1.165) is 34.7 Å². The SMILES string of the molecule is CC(Cc1c[nH]c2ccccc12)NS(=O)(=O)c1c(F)cccc1F. The maximum Gasteiger partial charge on any atom is 0.246 e. The van der Waals surface area contributed by atoms with Gasteiger partial charge < -0.3 is 4.98 Å². The lowest BCUT2D eigenvalue weighted by Gasteiger charge is -2.14. The van der Waals surface area contributed by atoms with Gasteiger partial charge in [0.2, 0.25) is 10.0 Å². The Hall–Kier alpha value is -2.25. The molecule has 2 N–H and O–H groups in total. The molecule has 126 valence electrons. The van der Waals surface area contributed by atoms with Gasteiger partial charge in [-0.2, -0.15) is 0 Å². The monoisotopic (exact) mass is 350 g/mol. The van der Waals surface area contributed by atoms with Gasteiger partial charge in [0.1, 0.15) is 11.6 Å². The van der Waals surface area contributed by atoms with Crippen LogP contribution in [-0.4, -0.2) is 19.4 Å². The summed E-state index contributed by atoms with van der Waals surface area (Å²) in [6.07, 6.45) is 2.19. The van der Waals surface area contributed by atoms with E-state index in [2.05, 4.69) is 9.71 Å². The molecule has 7 heteroatoms. The molecule has 0 aliphatic rings. The van der Waals surface area contributed by atoms with Gasteiger partial charge in [0.05, 0.1) is 0 Å². The van der Waals surface area contributed by atoms with Gasteiger partial charge in [-0.25, -0.2) is 21.9 Å². The van der Waals surface area contributed by atoms with E-state index >= 15 is 0 Å². The summed E-state index contributed by atoms with van der Waals surface area (Å²) < 4.78 is 54.3.